The van der Waals surface area contributed by atoms with Crippen molar-refractivity contribution < 1.29 is 4.79 Å². The van der Waals surface area contributed by atoms with Crippen LogP contribution in [0.25, 0.3) is 10.9 Å². The number of nitrogens with one attached hydrogen (secondary N) is 1. The summed E-state index contributed by atoms with van der Waals surface area (Å²) < 4.78 is 1.67. The summed E-state index contributed by atoms with van der Waals surface area (Å²) in [6, 6.07) is 7.32. The fourth-order valence-corrected chi connectivity index (χ4v) is 3.15. The molecule has 0 fully saturated rings. The van der Waals surface area contributed by atoms with E-state index >= 15 is 0 Å². The summed E-state index contributed by atoms with van der Waals surface area (Å²) in [5.41, 5.74) is 0.628. The molecule has 1 N–H and O–H groups in total. The van der Waals surface area contributed by atoms with E-state index in [9.17, 15) is 9.59 Å². The van der Waals surface area contributed by atoms with Crippen molar-refractivity contribution in [2.75, 3.05) is 6.54 Å². The summed E-state index contributed by atoms with van der Waals surface area (Å²) in [6.45, 7) is 6.92. The fraction of sp³-hybridized carbons (Fsp3) is 0.438. The van der Waals surface area contributed by atoms with Gasteiger partial charge in [-0.15, -0.1) is 0 Å². The van der Waals surface area contributed by atoms with Gasteiger partial charge in [0.1, 0.15) is 0 Å². The normalized spacial score (nSPS) is 12.3. The van der Waals surface area contributed by atoms with Crippen LogP contribution in [-0.2, 0) is 11.3 Å². The second-order valence-electron chi connectivity index (χ2n) is 5.02. The summed E-state index contributed by atoms with van der Waals surface area (Å²) in [4.78, 5) is 29.1. The highest BCUT2D eigenvalue weighted by atomic mass is 32.2. The molecule has 2 rings (SSSR count). The van der Waals surface area contributed by atoms with E-state index in [0.29, 0.717) is 29.1 Å². The lowest BCUT2D eigenvalue weighted by Crippen LogP contribution is -2.31. The van der Waals surface area contributed by atoms with E-state index in [2.05, 4.69) is 10.3 Å². The van der Waals surface area contributed by atoms with Crippen LogP contribution >= 0.6 is 11.8 Å². The van der Waals surface area contributed by atoms with E-state index < -0.39 is 0 Å². The number of fused-ring (bicyclic) bond motifs is 1. The smallest absolute Gasteiger partial charge is 0.262 e. The zero-order valence-electron chi connectivity index (χ0n) is 13.1. The minimum Gasteiger partial charge on any atom is -0.355 e. The SMILES string of the molecule is CCCn1c(S[C@@H](C)C(=O)NCC)nc2ccccc2c1=O. The minimum absolute atomic E-state index is 0.0435. The number of carbonyl (C=O) groups excluding carboxylic acids is 1. The van der Waals surface area contributed by atoms with Crippen molar-refractivity contribution in [1.29, 1.82) is 0 Å². The van der Waals surface area contributed by atoms with Gasteiger partial charge in [-0.3, -0.25) is 14.2 Å². The number of carbonyl (C=O) groups is 1. The predicted octanol–water partition coefficient (Wildman–Crippen LogP) is 2.42. The summed E-state index contributed by atoms with van der Waals surface area (Å²) in [7, 11) is 0. The second-order valence-corrected chi connectivity index (χ2v) is 6.33. The highest BCUT2D eigenvalue weighted by molar-refractivity contribution is 8.00. The van der Waals surface area contributed by atoms with Gasteiger partial charge in [-0.2, -0.15) is 0 Å². The third kappa shape index (κ3) is 3.50. The highest BCUT2D eigenvalue weighted by Gasteiger charge is 2.18. The Balaban J connectivity index is 2.45. The van der Waals surface area contributed by atoms with Crippen LogP contribution in [0.5, 0.6) is 0 Å². The van der Waals surface area contributed by atoms with Gasteiger partial charge < -0.3 is 5.32 Å². The van der Waals surface area contributed by atoms with Crippen LogP contribution < -0.4 is 10.9 Å². The predicted molar refractivity (Wildman–Crippen MR) is 90.3 cm³/mol. The molecule has 1 aromatic carbocycles. The minimum atomic E-state index is -0.295. The maximum absolute atomic E-state index is 12.6. The molecular formula is C16H21N3O2S. The topological polar surface area (TPSA) is 64.0 Å². The maximum atomic E-state index is 12.6. The lowest BCUT2D eigenvalue weighted by atomic mass is 10.2. The van der Waals surface area contributed by atoms with E-state index in [1.54, 1.807) is 10.6 Å². The summed E-state index contributed by atoms with van der Waals surface area (Å²) in [5, 5.41) is 3.72. The summed E-state index contributed by atoms with van der Waals surface area (Å²) in [5.74, 6) is -0.0436. The quantitative estimate of drug-likeness (QED) is 0.656. The molecule has 0 saturated carbocycles. The Morgan fingerprint density at radius 3 is 2.77 bits per heavy atom. The molecule has 0 saturated heterocycles. The van der Waals surface area contributed by atoms with Crippen LogP contribution in [0, 0.1) is 0 Å². The monoisotopic (exact) mass is 319 g/mol. The van der Waals surface area contributed by atoms with E-state index in [1.807, 2.05) is 39.0 Å². The Kier molecular flexibility index (Phi) is 5.60. The number of hydrogen-bond donors (Lipinski definition) is 1. The van der Waals surface area contributed by atoms with Crippen LogP contribution in [-0.4, -0.2) is 27.3 Å². The van der Waals surface area contributed by atoms with Crippen molar-refractivity contribution in [2.45, 2.75) is 44.1 Å². The Labute approximate surface area is 134 Å². The molecule has 0 aliphatic heterocycles. The molecule has 0 aliphatic carbocycles. The molecule has 5 nitrogen and oxygen atoms in total. The van der Waals surface area contributed by atoms with Gasteiger partial charge in [-0.1, -0.05) is 30.8 Å². The lowest BCUT2D eigenvalue weighted by Gasteiger charge is -2.15. The largest absolute Gasteiger partial charge is 0.355 e. The average molecular weight is 319 g/mol. The average Bonchev–Trinajstić information content (AvgIpc) is 2.51. The van der Waals surface area contributed by atoms with Crippen LogP contribution in [0.1, 0.15) is 27.2 Å². The number of nitrogens with zero attached hydrogens (tertiary/aromatic N) is 2. The first kappa shape index (κ1) is 16.5. The van der Waals surface area contributed by atoms with Crippen molar-refractivity contribution >= 4 is 28.6 Å². The maximum Gasteiger partial charge on any atom is 0.262 e. The molecule has 0 bridgehead atoms. The zero-order valence-corrected chi connectivity index (χ0v) is 13.9. The number of para-hydroxylation sites is 1. The van der Waals surface area contributed by atoms with Crippen LogP contribution in [0.3, 0.4) is 0 Å². The molecule has 0 aliphatic rings. The van der Waals surface area contributed by atoms with Gasteiger partial charge in [-0.25, -0.2) is 4.98 Å². The van der Waals surface area contributed by atoms with E-state index in [-0.39, 0.29) is 16.7 Å². The Bertz CT molecular complexity index is 727. The number of amides is 1. The van der Waals surface area contributed by atoms with Gasteiger partial charge >= 0.3 is 0 Å². The number of hydrogen-bond acceptors (Lipinski definition) is 4. The molecule has 6 heteroatoms. The van der Waals surface area contributed by atoms with Crippen molar-refractivity contribution in [1.82, 2.24) is 14.9 Å². The number of aromatic nitrogens is 2. The summed E-state index contributed by atoms with van der Waals surface area (Å²) in [6.07, 6.45) is 0.836. The van der Waals surface area contributed by atoms with Gasteiger partial charge in [0.05, 0.1) is 16.2 Å². The Morgan fingerprint density at radius 1 is 1.36 bits per heavy atom. The van der Waals surface area contributed by atoms with Crippen LogP contribution in [0.4, 0.5) is 0 Å². The van der Waals surface area contributed by atoms with Gasteiger partial charge in [0, 0.05) is 13.1 Å². The van der Waals surface area contributed by atoms with Gasteiger partial charge in [0.15, 0.2) is 5.16 Å². The molecule has 0 spiro atoms. The Morgan fingerprint density at radius 2 is 2.09 bits per heavy atom. The first-order valence-electron chi connectivity index (χ1n) is 7.52. The Hall–Kier alpha value is -1.82. The second kappa shape index (κ2) is 7.45. The van der Waals surface area contributed by atoms with E-state index in [1.165, 1.54) is 11.8 Å². The molecule has 1 atom stereocenters. The van der Waals surface area contributed by atoms with Crippen molar-refractivity contribution in [3.05, 3.63) is 34.6 Å². The number of thioether (sulfide) groups is 1. The molecule has 1 heterocycles. The van der Waals surface area contributed by atoms with Gasteiger partial charge in [0.2, 0.25) is 5.91 Å². The zero-order chi connectivity index (χ0) is 16.1. The molecule has 1 aromatic heterocycles. The molecular weight excluding hydrogens is 298 g/mol. The standard InChI is InChI=1S/C16H21N3O2S/c1-4-10-19-15(21)12-8-6-7-9-13(12)18-16(19)22-11(3)14(20)17-5-2/h6-9,11H,4-5,10H2,1-3H3,(H,17,20)/t11-/m0/s1. The first-order chi connectivity index (χ1) is 10.6. The number of rotatable bonds is 6. The molecule has 0 radical (unpaired) electrons. The fourth-order valence-electron chi connectivity index (χ4n) is 2.19. The highest BCUT2D eigenvalue weighted by Crippen LogP contribution is 2.22. The lowest BCUT2D eigenvalue weighted by molar-refractivity contribution is -0.120. The molecule has 22 heavy (non-hydrogen) atoms. The van der Waals surface area contributed by atoms with Crippen LogP contribution in [0.2, 0.25) is 0 Å². The van der Waals surface area contributed by atoms with Crippen LogP contribution in [0.15, 0.2) is 34.2 Å². The third-order valence-corrected chi connectivity index (χ3v) is 4.37. The van der Waals surface area contributed by atoms with E-state index in [0.717, 1.165) is 6.42 Å². The number of benzene rings is 1. The van der Waals surface area contributed by atoms with Gasteiger partial charge in [0.25, 0.3) is 5.56 Å². The first-order valence-corrected chi connectivity index (χ1v) is 8.40. The summed E-state index contributed by atoms with van der Waals surface area (Å²) >= 11 is 1.33. The van der Waals surface area contributed by atoms with Crippen molar-refractivity contribution in [3.8, 4) is 0 Å². The molecule has 0 unspecified atom stereocenters. The third-order valence-electron chi connectivity index (χ3n) is 3.28. The molecule has 2 aromatic rings. The van der Waals surface area contributed by atoms with Crippen molar-refractivity contribution in [3.63, 3.8) is 0 Å². The van der Waals surface area contributed by atoms with E-state index in [4.69, 9.17) is 0 Å². The molecule has 1 amide bonds. The van der Waals surface area contributed by atoms with Gasteiger partial charge in [-0.05, 0) is 32.4 Å². The molecule has 118 valence electrons. The van der Waals surface area contributed by atoms with Crippen molar-refractivity contribution in [2.24, 2.45) is 0 Å².